The quantitative estimate of drug-likeness (QED) is 0.605. The Morgan fingerprint density at radius 1 is 0.571 bits per heavy atom. The van der Waals surface area contributed by atoms with Crippen LogP contribution in [0.5, 0.6) is 0 Å². The van der Waals surface area contributed by atoms with Gasteiger partial charge in [-0.1, -0.05) is 60.1 Å². The van der Waals surface area contributed by atoms with Gasteiger partial charge in [-0.15, -0.1) is 0 Å². The molecule has 0 aromatic heterocycles. The molecule has 0 aliphatic rings. The van der Waals surface area contributed by atoms with Crippen molar-refractivity contribution >= 4 is 45.4 Å². The summed E-state index contributed by atoms with van der Waals surface area (Å²) in [5.74, 6) is 0. The second kappa shape index (κ2) is 6.20. The van der Waals surface area contributed by atoms with Gasteiger partial charge in [0, 0.05) is 0 Å². The van der Waals surface area contributed by atoms with E-state index in [2.05, 4.69) is 24.3 Å². The average molecular weight is 332 g/mol. The lowest BCUT2D eigenvalue weighted by Crippen LogP contribution is -2.27. The van der Waals surface area contributed by atoms with Crippen LogP contribution in [0.4, 0.5) is 0 Å². The largest absolute Gasteiger partial charge is 0.211 e. The predicted octanol–water partition coefficient (Wildman–Crippen LogP) is 4.79. The number of hydrogen-bond donors (Lipinski definition) is 0. The van der Waals surface area contributed by atoms with Crippen molar-refractivity contribution in [1.82, 2.24) is 0 Å². The van der Waals surface area contributed by atoms with Gasteiger partial charge in [-0.2, -0.15) is 0 Å². The zero-order valence-corrected chi connectivity index (χ0v) is 13.7. The van der Waals surface area contributed by atoms with Gasteiger partial charge in [0.1, 0.15) is 27.2 Å². The smallest absolute Gasteiger partial charge is 0.0799 e. The topological polar surface area (TPSA) is 0 Å². The van der Waals surface area contributed by atoms with Gasteiger partial charge in [-0.05, 0) is 36.4 Å². The maximum Gasteiger partial charge on any atom is 0.211 e. The summed E-state index contributed by atoms with van der Waals surface area (Å²) in [6.07, 6.45) is 0. The molecule has 0 atom stereocenters. The maximum atomic E-state index is 7.25. The molecule has 104 valence electrons. The molecule has 0 amide bonds. The molecule has 3 aromatic rings. The van der Waals surface area contributed by atoms with E-state index in [4.69, 9.17) is 22.8 Å². The Labute approximate surface area is 135 Å². The summed E-state index contributed by atoms with van der Waals surface area (Å²) in [6.45, 7) is -2.22. The highest BCUT2D eigenvalue weighted by Crippen LogP contribution is 2.61. The Morgan fingerprint density at radius 3 is 1.48 bits per heavy atom. The highest BCUT2D eigenvalue weighted by molar-refractivity contribution is 8.15. The lowest BCUT2D eigenvalue weighted by Gasteiger charge is -2.19. The molecular formula is C18H14Cl2P+. The highest BCUT2D eigenvalue weighted by atomic mass is 35.7. The lowest BCUT2D eigenvalue weighted by atomic mass is 10.3. The van der Waals surface area contributed by atoms with Crippen LogP contribution in [0.25, 0.3) is 0 Å². The van der Waals surface area contributed by atoms with Crippen LogP contribution in [-0.2, 0) is 0 Å². The number of hydrogen-bond acceptors (Lipinski definition) is 0. The molecule has 0 saturated carbocycles. The van der Waals surface area contributed by atoms with Crippen molar-refractivity contribution < 1.29 is 0 Å². The third-order valence-corrected chi connectivity index (χ3v) is 8.66. The standard InChI is InChI=1S/C18H14Cl2P/c19-17-13-7-8-14-18(17)21(20,15-9-3-1-4-10-15)16-11-5-2-6-12-16/h1-14H/q+1. The van der Waals surface area contributed by atoms with Gasteiger partial charge in [0.15, 0.2) is 0 Å². The lowest BCUT2D eigenvalue weighted by molar-refractivity contribution is 1.73. The van der Waals surface area contributed by atoms with Gasteiger partial charge in [-0.3, -0.25) is 0 Å². The van der Waals surface area contributed by atoms with Gasteiger partial charge in [0.05, 0.1) is 5.02 Å². The summed E-state index contributed by atoms with van der Waals surface area (Å²) in [5, 5.41) is 3.95. The molecule has 0 nitrogen and oxygen atoms in total. The number of benzene rings is 3. The third kappa shape index (κ3) is 2.72. The molecule has 0 aliphatic carbocycles. The van der Waals surface area contributed by atoms with E-state index < -0.39 is 6.62 Å². The third-order valence-electron chi connectivity index (χ3n) is 3.41. The summed E-state index contributed by atoms with van der Waals surface area (Å²) in [7, 11) is 0. The highest BCUT2D eigenvalue weighted by Gasteiger charge is 2.46. The summed E-state index contributed by atoms with van der Waals surface area (Å²) in [6, 6.07) is 28.3. The first kappa shape index (κ1) is 14.6. The molecular weight excluding hydrogens is 318 g/mol. The van der Waals surface area contributed by atoms with Gasteiger partial charge in [-0.25, -0.2) is 0 Å². The Hall–Kier alpha value is -1.33. The fraction of sp³-hybridized carbons (Fsp3) is 0. The zero-order valence-electron chi connectivity index (χ0n) is 11.3. The van der Waals surface area contributed by atoms with Crippen LogP contribution in [-0.4, -0.2) is 0 Å². The van der Waals surface area contributed by atoms with Crippen LogP contribution in [0.15, 0.2) is 84.9 Å². The number of halogens is 2. The van der Waals surface area contributed by atoms with Crippen molar-refractivity contribution in [1.29, 1.82) is 0 Å². The van der Waals surface area contributed by atoms with E-state index in [9.17, 15) is 0 Å². The molecule has 0 unspecified atom stereocenters. The first-order chi connectivity index (χ1) is 10.2. The van der Waals surface area contributed by atoms with Crippen molar-refractivity contribution in [3.8, 4) is 0 Å². The van der Waals surface area contributed by atoms with Crippen molar-refractivity contribution in [3.63, 3.8) is 0 Å². The molecule has 3 heteroatoms. The first-order valence-electron chi connectivity index (χ1n) is 6.68. The van der Waals surface area contributed by atoms with Gasteiger partial charge < -0.3 is 0 Å². The Kier molecular flexibility index (Phi) is 4.31. The van der Waals surface area contributed by atoms with Crippen molar-refractivity contribution in [2.75, 3.05) is 0 Å². The fourth-order valence-corrected chi connectivity index (χ4v) is 6.84. The van der Waals surface area contributed by atoms with Crippen LogP contribution in [0.2, 0.25) is 5.02 Å². The summed E-state index contributed by atoms with van der Waals surface area (Å²) < 4.78 is 0. The minimum absolute atomic E-state index is 0.716. The van der Waals surface area contributed by atoms with E-state index in [1.165, 1.54) is 0 Å². The van der Waals surface area contributed by atoms with Crippen LogP contribution in [0.3, 0.4) is 0 Å². The van der Waals surface area contributed by atoms with Crippen LogP contribution in [0.1, 0.15) is 0 Å². The molecule has 0 spiro atoms. The number of rotatable bonds is 3. The van der Waals surface area contributed by atoms with E-state index in [0.717, 1.165) is 15.9 Å². The predicted molar refractivity (Wildman–Crippen MR) is 96.0 cm³/mol. The van der Waals surface area contributed by atoms with E-state index in [-0.39, 0.29) is 0 Å². The summed E-state index contributed by atoms with van der Waals surface area (Å²) in [5.41, 5.74) is 0. The molecule has 0 fully saturated rings. The monoisotopic (exact) mass is 331 g/mol. The average Bonchev–Trinajstić information content (AvgIpc) is 2.56. The Morgan fingerprint density at radius 2 is 1.00 bits per heavy atom. The van der Waals surface area contributed by atoms with Crippen molar-refractivity contribution in [2.45, 2.75) is 0 Å². The van der Waals surface area contributed by atoms with Gasteiger partial charge in [0.25, 0.3) is 0 Å². The second-order valence-corrected chi connectivity index (χ2v) is 9.33. The molecule has 0 aliphatic heterocycles. The molecule has 0 bridgehead atoms. The van der Waals surface area contributed by atoms with Crippen molar-refractivity contribution in [3.05, 3.63) is 90.0 Å². The summed E-state index contributed by atoms with van der Waals surface area (Å²) in [4.78, 5) is 0. The molecule has 21 heavy (non-hydrogen) atoms. The molecule has 0 heterocycles. The maximum absolute atomic E-state index is 7.25. The first-order valence-corrected chi connectivity index (χ1v) is 9.75. The van der Waals surface area contributed by atoms with E-state index in [1.54, 1.807) is 0 Å². The van der Waals surface area contributed by atoms with Gasteiger partial charge >= 0.3 is 0 Å². The minimum Gasteiger partial charge on any atom is -0.0799 e. The molecule has 0 saturated heterocycles. The Bertz CT molecular complexity index is 687. The second-order valence-electron chi connectivity index (χ2n) is 4.71. The molecule has 3 aromatic carbocycles. The van der Waals surface area contributed by atoms with E-state index in [1.807, 2.05) is 60.7 Å². The van der Waals surface area contributed by atoms with Crippen LogP contribution < -0.4 is 15.9 Å². The van der Waals surface area contributed by atoms with Crippen LogP contribution >= 0.6 is 29.5 Å². The van der Waals surface area contributed by atoms with Gasteiger partial charge in [0.2, 0.25) is 6.62 Å². The molecule has 0 radical (unpaired) electrons. The van der Waals surface area contributed by atoms with Crippen molar-refractivity contribution in [2.24, 2.45) is 0 Å². The fourth-order valence-electron chi connectivity index (χ4n) is 2.40. The normalized spacial score (nSPS) is 11.3. The van der Waals surface area contributed by atoms with Crippen LogP contribution in [0, 0.1) is 0 Å². The minimum atomic E-state index is -2.22. The van der Waals surface area contributed by atoms with E-state index >= 15 is 0 Å². The zero-order chi connectivity index (χ0) is 14.7. The molecule has 3 rings (SSSR count). The SMILES string of the molecule is Clc1ccccc1[P+](Cl)(c1ccccc1)c1ccccc1. The molecule has 0 N–H and O–H groups in total. The Balaban J connectivity index is 2.29. The summed E-state index contributed by atoms with van der Waals surface area (Å²) >= 11 is 13.7. The van der Waals surface area contributed by atoms with E-state index in [0.29, 0.717) is 5.02 Å².